The van der Waals surface area contributed by atoms with Crippen LogP contribution in [-0.2, 0) is 19.3 Å². The molecule has 1 atom stereocenters. The molecule has 1 rings (SSSR count). The molecule has 0 amide bonds. The summed E-state index contributed by atoms with van der Waals surface area (Å²) in [4.78, 5) is 20.3. The first-order valence-corrected chi connectivity index (χ1v) is 3.81. The van der Waals surface area contributed by atoms with E-state index in [9.17, 15) is 4.79 Å². The van der Waals surface area contributed by atoms with Gasteiger partial charge in [0.25, 0.3) is 0 Å². The molecule has 1 saturated heterocycles. The Morgan fingerprint density at radius 3 is 2.83 bits per heavy atom. The van der Waals surface area contributed by atoms with Crippen molar-refractivity contribution in [2.24, 2.45) is 0 Å². The maximum absolute atomic E-state index is 11.0. The summed E-state index contributed by atoms with van der Waals surface area (Å²) in [7, 11) is 0. The number of hydrogen-bond acceptors (Lipinski definition) is 4. The average molecular weight is 172 g/mol. The van der Waals surface area contributed by atoms with Gasteiger partial charge in [-0.25, -0.2) is 14.6 Å². The van der Waals surface area contributed by atoms with Gasteiger partial charge in [0, 0.05) is 12.0 Å². The van der Waals surface area contributed by atoms with Crippen LogP contribution in [0.2, 0.25) is 0 Å². The van der Waals surface area contributed by atoms with Crippen LogP contribution in [0.3, 0.4) is 0 Å². The summed E-state index contributed by atoms with van der Waals surface area (Å²) >= 11 is 0. The van der Waals surface area contributed by atoms with Crippen LogP contribution >= 0.6 is 0 Å². The van der Waals surface area contributed by atoms with Crippen molar-refractivity contribution in [3.63, 3.8) is 0 Å². The van der Waals surface area contributed by atoms with E-state index in [0.29, 0.717) is 25.2 Å². The highest BCUT2D eigenvalue weighted by atomic mass is 17.2. The van der Waals surface area contributed by atoms with Crippen LogP contribution in [-0.4, -0.2) is 25.3 Å². The Kier molecular flexibility index (Phi) is 3.25. The van der Waals surface area contributed by atoms with E-state index < -0.39 is 0 Å². The summed E-state index contributed by atoms with van der Waals surface area (Å²) in [6, 6.07) is 0. The van der Waals surface area contributed by atoms with Gasteiger partial charge >= 0.3 is 5.97 Å². The Morgan fingerprint density at radius 2 is 2.33 bits per heavy atom. The van der Waals surface area contributed by atoms with Crippen LogP contribution in [0.25, 0.3) is 0 Å². The lowest BCUT2D eigenvalue weighted by molar-refractivity contribution is -0.330. The number of esters is 1. The summed E-state index contributed by atoms with van der Waals surface area (Å²) in [6.07, 6.45) is 0.488. The molecule has 1 aliphatic heterocycles. The quantitative estimate of drug-likeness (QED) is 0.351. The maximum Gasteiger partial charge on any atom is 0.333 e. The number of carbonyl (C=O) groups excluding carboxylic acids is 1. The van der Waals surface area contributed by atoms with Gasteiger partial charge in [0.15, 0.2) is 0 Å². The van der Waals surface area contributed by atoms with E-state index in [0.717, 1.165) is 0 Å². The molecule has 1 aliphatic rings. The molecule has 68 valence electrons. The van der Waals surface area contributed by atoms with Gasteiger partial charge in [-0.05, 0) is 6.92 Å². The molecule has 1 fully saturated rings. The SMILES string of the molecule is C=C(C)C(=O)OC1CCOOC1. The van der Waals surface area contributed by atoms with Crippen LogP contribution in [0.15, 0.2) is 12.2 Å². The van der Waals surface area contributed by atoms with Crippen molar-refractivity contribution in [1.29, 1.82) is 0 Å². The highest BCUT2D eigenvalue weighted by Crippen LogP contribution is 2.08. The molecule has 0 aromatic carbocycles. The van der Waals surface area contributed by atoms with Gasteiger partial charge in [-0.1, -0.05) is 6.58 Å². The van der Waals surface area contributed by atoms with Gasteiger partial charge in [0.2, 0.25) is 0 Å². The second-order valence-corrected chi connectivity index (χ2v) is 2.70. The van der Waals surface area contributed by atoms with Crippen LogP contribution in [0.1, 0.15) is 13.3 Å². The third kappa shape index (κ3) is 2.64. The van der Waals surface area contributed by atoms with Crippen LogP contribution in [0, 0.1) is 0 Å². The molecule has 0 spiro atoms. The topological polar surface area (TPSA) is 44.8 Å². The van der Waals surface area contributed by atoms with E-state index in [1.165, 1.54) is 0 Å². The van der Waals surface area contributed by atoms with Crippen molar-refractivity contribution < 1.29 is 19.3 Å². The van der Waals surface area contributed by atoms with Crippen LogP contribution < -0.4 is 0 Å². The van der Waals surface area contributed by atoms with E-state index in [1.54, 1.807) is 6.92 Å². The Hall–Kier alpha value is -0.870. The number of rotatable bonds is 2. The van der Waals surface area contributed by atoms with E-state index in [-0.39, 0.29) is 12.1 Å². The predicted molar refractivity (Wildman–Crippen MR) is 41.2 cm³/mol. The van der Waals surface area contributed by atoms with Gasteiger partial charge in [-0.2, -0.15) is 0 Å². The van der Waals surface area contributed by atoms with Crippen LogP contribution in [0.5, 0.6) is 0 Å². The zero-order chi connectivity index (χ0) is 8.97. The lowest BCUT2D eigenvalue weighted by atomic mass is 10.2. The summed E-state index contributed by atoms with van der Waals surface area (Å²) < 4.78 is 5.01. The minimum Gasteiger partial charge on any atom is -0.456 e. The van der Waals surface area contributed by atoms with Crippen molar-refractivity contribution in [3.8, 4) is 0 Å². The number of ether oxygens (including phenoxy) is 1. The molecular weight excluding hydrogens is 160 g/mol. The molecule has 0 saturated carbocycles. The summed E-state index contributed by atoms with van der Waals surface area (Å²) in [5.74, 6) is -0.370. The fraction of sp³-hybridized carbons (Fsp3) is 0.625. The third-order valence-electron chi connectivity index (χ3n) is 1.48. The largest absolute Gasteiger partial charge is 0.456 e. The van der Waals surface area contributed by atoms with E-state index in [4.69, 9.17) is 4.74 Å². The smallest absolute Gasteiger partial charge is 0.333 e. The lowest BCUT2D eigenvalue weighted by Crippen LogP contribution is -2.29. The van der Waals surface area contributed by atoms with Crippen molar-refractivity contribution in [2.75, 3.05) is 13.2 Å². The fourth-order valence-electron chi connectivity index (χ4n) is 0.791. The third-order valence-corrected chi connectivity index (χ3v) is 1.48. The highest BCUT2D eigenvalue weighted by molar-refractivity contribution is 5.87. The molecule has 0 aromatic rings. The molecule has 1 heterocycles. The fourth-order valence-corrected chi connectivity index (χ4v) is 0.791. The van der Waals surface area contributed by atoms with Gasteiger partial charge in [-0.15, -0.1) is 0 Å². The molecule has 0 radical (unpaired) electrons. The first kappa shape index (κ1) is 9.22. The Bertz CT molecular complexity index is 181. The molecule has 4 heteroatoms. The first-order chi connectivity index (χ1) is 5.70. The Labute approximate surface area is 71.0 Å². The summed E-state index contributed by atoms with van der Waals surface area (Å²) in [6.45, 7) is 5.86. The van der Waals surface area contributed by atoms with Gasteiger partial charge < -0.3 is 4.74 Å². The second kappa shape index (κ2) is 4.23. The van der Waals surface area contributed by atoms with Crippen LogP contribution in [0.4, 0.5) is 0 Å². The molecule has 0 aliphatic carbocycles. The predicted octanol–water partition coefficient (Wildman–Crippen LogP) is 0.826. The van der Waals surface area contributed by atoms with Crippen molar-refractivity contribution >= 4 is 5.97 Å². The average Bonchev–Trinajstić information content (AvgIpc) is 2.06. The number of carbonyl (C=O) groups is 1. The second-order valence-electron chi connectivity index (χ2n) is 2.70. The molecule has 4 nitrogen and oxygen atoms in total. The van der Waals surface area contributed by atoms with E-state index >= 15 is 0 Å². The monoisotopic (exact) mass is 172 g/mol. The normalized spacial score (nSPS) is 23.2. The number of hydrogen-bond donors (Lipinski definition) is 0. The molecular formula is C8H12O4. The molecule has 0 aromatic heterocycles. The summed E-state index contributed by atoms with van der Waals surface area (Å²) in [5, 5.41) is 0. The maximum atomic E-state index is 11.0. The summed E-state index contributed by atoms with van der Waals surface area (Å²) in [5.41, 5.74) is 0.404. The van der Waals surface area contributed by atoms with Crippen molar-refractivity contribution in [2.45, 2.75) is 19.4 Å². The standard InChI is InChI=1S/C8H12O4/c1-6(2)8(9)12-7-3-4-10-11-5-7/h7H,1,3-5H2,2H3. The zero-order valence-corrected chi connectivity index (χ0v) is 7.04. The highest BCUT2D eigenvalue weighted by Gasteiger charge is 2.19. The Balaban J connectivity index is 2.29. The van der Waals surface area contributed by atoms with Gasteiger partial charge in [0.1, 0.15) is 12.7 Å². The van der Waals surface area contributed by atoms with E-state index in [2.05, 4.69) is 16.4 Å². The molecule has 0 N–H and O–H groups in total. The zero-order valence-electron chi connectivity index (χ0n) is 7.04. The molecule has 0 bridgehead atoms. The molecule has 12 heavy (non-hydrogen) atoms. The van der Waals surface area contributed by atoms with Gasteiger partial charge in [-0.3, -0.25) is 0 Å². The minimum absolute atomic E-state index is 0.192. The molecule has 1 unspecified atom stereocenters. The lowest BCUT2D eigenvalue weighted by Gasteiger charge is -2.21. The van der Waals surface area contributed by atoms with Crippen molar-refractivity contribution in [3.05, 3.63) is 12.2 Å². The minimum atomic E-state index is -0.370. The van der Waals surface area contributed by atoms with Gasteiger partial charge in [0.05, 0.1) is 6.61 Å². The Morgan fingerprint density at radius 1 is 1.58 bits per heavy atom. The first-order valence-electron chi connectivity index (χ1n) is 3.81. The van der Waals surface area contributed by atoms with E-state index in [1.807, 2.05) is 0 Å². The van der Waals surface area contributed by atoms with Crippen molar-refractivity contribution in [1.82, 2.24) is 0 Å².